The van der Waals surface area contributed by atoms with Crippen LogP contribution in [0.5, 0.6) is 0 Å². The molecule has 0 spiro atoms. The lowest BCUT2D eigenvalue weighted by Crippen LogP contribution is -2.25. The van der Waals surface area contributed by atoms with Crippen molar-refractivity contribution in [1.82, 2.24) is 0 Å². The van der Waals surface area contributed by atoms with Crippen molar-refractivity contribution >= 4 is 11.3 Å². The summed E-state index contributed by atoms with van der Waals surface area (Å²) in [7, 11) is 0. The maximum absolute atomic E-state index is 6.06. The van der Waals surface area contributed by atoms with Crippen LogP contribution in [0, 0.1) is 5.92 Å². The molecule has 11 heavy (non-hydrogen) atoms. The molecule has 60 valence electrons. The van der Waals surface area contributed by atoms with E-state index in [1.807, 2.05) is 0 Å². The van der Waals surface area contributed by atoms with Crippen LogP contribution in [0.15, 0.2) is 17.5 Å². The molecule has 0 saturated heterocycles. The first-order chi connectivity index (χ1) is 5.38. The van der Waals surface area contributed by atoms with Crippen molar-refractivity contribution in [2.24, 2.45) is 11.7 Å². The Kier molecular flexibility index (Phi) is 1.96. The molecule has 2 heteroatoms. The largest absolute Gasteiger partial charge is 0.323 e. The maximum Gasteiger partial charge on any atom is 0.0418 e. The highest BCUT2D eigenvalue weighted by Gasteiger charge is 2.25. The second-order valence-corrected chi connectivity index (χ2v) is 4.21. The van der Waals surface area contributed by atoms with Gasteiger partial charge in [0.15, 0.2) is 0 Å². The highest BCUT2D eigenvalue weighted by molar-refractivity contribution is 7.10. The predicted molar refractivity (Wildman–Crippen MR) is 48.6 cm³/mol. The predicted octanol–water partition coefficient (Wildman–Crippen LogP) is 2.55. The summed E-state index contributed by atoms with van der Waals surface area (Å²) in [6.07, 6.45) is 4.04. The van der Waals surface area contributed by atoms with Gasteiger partial charge in [-0.3, -0.25) is 0 Å². The molecule has 0 amide bonds. The molecule has 0 radical (unpaired) electrons. The number of hydrogen-bond acceptors (Lipinski definition) is 2. The summed E-state index contributed by atoms with van der Waals surface area (Å²) in [4.78, 5) is 1.36. The van der Waals surface area contributed by atoms with E-state index in [0.717, 1.165) is 5.92 Å². The smallest absolute Gasteiger partial charge is 0.0418 e. The molecule has 1 aliphatic carbocycles. The first-order valence-electron chi connectivity index (χ1n) is 4.17. The summed E-state index contributed by atoms with van der Waals surface area (Å²) in [5.74, 6) is 0.772. The summed E-state index contributed by atoms with van der Waals surface area (Å²) in [6, 6.07) is 4.55. The van der Waals surface area contributed by atoms with Gasteiger partial charge >= 0.3 is 0 Å². The molecular weight excluding hydrogens is 154 g/mol. The van der Waals surface area contributed by atoms with E-state index in [4.69, 9.17) is 5.73 Å². The summed E-state index contributed by atoms with van der Waals surface area (Å²) in [5, 5.41) is 2.11. The molecule has 1 aliphatic rings. The van der Waals surface area contributed by atoms with E-state index in [2.05, 4.69) is 17.5 Å². The lowest BCUT2D eigenvalue weighted by Gasteiger charge is -2.30. The van der Waals surface area contributed by atoms with Crippen molar-refractivity contribution in [1.29, 1.82) is 0 Å². The van der Waals surface area contributed by atoms with Gasteiger partial charge in [0, 0.05) is 10.9 Å². The third-order valence-electron chi connectivity index (χ3n) is 2.53. The monoisotopic (exact) mass is 167 g/mol. The maximum atomic E-state index is 6.06. The molecule has 1 aromatic rings. The molecule has 2 N–H and O–H groups in total. The molecular formula is C9H13NS. The fourth-order valence-corrected chi connectivity index (χ4v) is 2.33. The van der Waals surface area contributed by atoms with Crippen LogP contribution in [0.25, 0.3) is 0 Å². The Hall–Kier alpha value is -0.340. The van der Waals surface area contributed by atoms with Crippen LogP contribution < -0.4 is 5.73 Å². The van der Waals surface area contributed by atoms with Crippen LogP contribution in [-0.4, -0.2) is 0 Å². The van der Waals surface area contributed by atoms with Crippen molar-refractivity contribution in [3.63, 3.8) is 0 Å². The first-order valence-corrected chi connectivity index (χ1v) is 5.05. The van der Waals surface area contributed by atoms with Crippen molar-refractivity contribution in [3.05, 3.63) is 22.4 Å². The SMILES string of the molecule is NC(c1cccs1)C1CCC1. The van der Waals surface area contributed by atoms with E-state index in [1.54, 1.807) is 11.3 Å². The van der Waals surface area contributed by atoms with E-state index >= 15 is 0 Å². The Morgan fingerprint density at radius 2 is 2.36 bits per heavy atom. The molecule has 1 saturated carbocycles. The van der Waals surface area contributed by atoms with Gasteiger partial charge in [0.2, 0.25) is 0 Å². The minimum Gasteiger partial charge on any atom is -0.323 e. The molecule has 1 atom stereocenters. The lowest BCUT2D eigenvalue weighted by molar-refractivity contribution is 0.267. The third-order valence-corrected chi connectivity index (χ3v) is 3.50. The van der Waals surface area contributed by atoms with Crippen LogP contribution in [0.2, 0.25) is 0 Å². The highest BCUT2D eigenvalue weighted by Crippen LogP contribution is 2.37. The molecule has 1 nitrogen and oxygen atoms in total. The molecule has 0 aliphatic heterocycles. The second-order valence-electron chi connectivity index (χ2n) is 3.23. The topological polar surface area (TPSA) is 26.0 Å². The summed E-state index contributed by atoms with van der Waals surface area (Å²) in [6.45, 7) is 0. The Balaban J connectivity index is 2.04. The van der Waals surface area contributed by atoms with Gasteiger partial charge in [-0.2, -0.15) is 0 Å². The normalized spacial score (nSPS) is 21.2. The summed E-state index contributed by atoms with van der Waals surface area (Å²) in [5.41, 5.74) is 6.06. The molecule has 1 fully saturated rings. The average Bonchev–Trinajstić information content (AvgIpc) is 2.32. The zero-order valence-corrected chi connectivity index (χ0v) is 7.31. The zero-order valence-electron chi connectivity index (χ0n) is 6.49. The van der Waals surface area contributed by atoms with Crippen LogP contribution >= 0.6 is 11.3 Å². The standard InChI is InChI=1S/C9H13NS/c10-9(7-3-1-4-7)8-5-2-6-11-8/h2,5-7,9H,1,3-4,10H2. The van der Waals surface area contributed by atoms with Gasteiger partial charge in [0.25, 0.3) is 0 Å². The van der Waals surface area contributed by atoms with E-state index in [-0.39, 0.29) is 0 Å². The van der Waals surface area contributed by atoms with E-state index < -0.39 is 0 Å². The van der Waals surface area contributed by atoms with Crippen molar-refractivity contribution in [2.75, 3.05) is 0 Å². The molecule has 1 unspecified atom stereocenters. The van der Waals surface area contributed by atoms with Gasteiger partial charge in [-0.25, -0.2) is 0 Å². The van der Waals surface area contributed by atoms with Crippen molar-refractivity contribution < 1.29 is 0 Å². The van der Waals surface area contributed by atoms with Crippen LogP contribution in [-0.2, 0) is 0 Å². The van der Waals surface area contributed by atoms with Crippen LogP contribution in [0.3, 0.4) is 0 Å². The Morgan fingerprint density at radius 3 is 2.82 bits per heavy atom. The Morgan fingerprint density at radius 1 is 1.55 bits per heavy atom. The molecule has 2 rings (SSSR count). The zero-order chi connectivity index (χ0) is 7.68. The second kappa shape index (κ2) is 2.95. The molecule has 0 bridgehead atoms. The molecule has 1 heterocycles. The van der Waals surface area contributed by atoms with Crippen LogP contribution in [0.4, 0.5) is 0 Å². The van der Waals surface area contributed by atoms with Gasteiger partial charge in [-0.1, -0.05) is 12.5 Å². The average molecular weight is 167 g/mol. The number of hydrogen-bond donors (Lipinski definition) is 1. The van der Waals surface area contributed by atoms with E-state index in [1.165, 1.54) is 24.1 Å². The number of rotatable bonds is 2. The van der Waals surface area contributed by atoms with Crippen LogP contribution in [0.1, 0.15) is 30.2 Å². The summed E-state index contributed by atoms with van der Waals surface area (Å²) >= 11 is 1.78. The number of nitrogens with two attached hydrogens (primary N) is 1. The quantitative estimate of drug-likeness (QED) is 0.719. The summed E-state index contributed by atoms with van der Waals surface area (Å²) < 4.78 is 0. The van der Waals surface area contributed by atoms with Crippen molar-refractivity contribution in [3.8, 4) is 0 Å². The highest BCUT2D eigenvalue weighted by atomic mass is 32.1. The molecule has 0 aromatic carbocycles. The number of thiophene rings is 1. The van der Waals surface area contributed by atoms with Gasteiger partial charge in [-0.15, -0.1) is 11.3 Å². The van der Waals surface area contributed by atoms with Gasteiger partial charge in [0.05, 0.1) is 0 Å². The van der Waals surface area contributed by atoms with Gasteiger partial charge in [-0.05, 0) is 30.2 Å². The lowest BCUT2D eigenvalue weighted by atomic mass is 9.79. The Labute approximate surface area is 71.2 Å². The van der Waals surface area contributed by atoms with E-state index in [0.29, 0.717) is 6.04 Å². The fourth-order valence-electron chi connectivity index (χ4n) is 1.51. The van der Waals surface area contributed by atoms with Crippen molar-refractivity contribution in [2.45, 2.75) is 25.3 Å². The Bertz CT molecular complexity index is 213. The van der Waals surface area contributed by atoms with Gasteiger partial charge in [0.1, 0.15) is 0 Å². The fraction of sp³-hybridized carbons (Fsp3) is 0.556. The minimum absolute atomic E-state index is 0.323. The van der Waals surface area contributed by atoms with E-state index in [9.17, 15) is 0 Å². The third kappa shape index (κ3) is 1.33. The molecule has 1 aromatic heterocycles. The van der Waals surface area contributed by atoms with Gasteiger partial charge < -0.3 is 5.73 Å². The first kappa shape index (κ1) is 7.32. The minimum atomic E-state index is 0.323.